The number of benzene rings is 1. The zero-order valence-corrected chi connectivity index (χ0v) is 16.1. The summed E-state index contributed by atoms with van der Waals surface area (Å²) in [6, 6.07) is 6.99. The zero-order chi connectivity index (χ0) is 19.4. The van der Waals surface area contributed by atoms with E-state index in [0.29, 0.717) is 5.56 Å². The lowest BCUT2D eigenvalue weighted by Gasteiger charge is -2.08. The highest BCUT2D eigenvalue weighted by molar-refractivity contribution is 9.10. The number of nitrogens with zero attached hydrogens (tertiary/aromatic N) is 2. The number of hydrogen-bond donors (Lipinski definition) is 3. The summed E-state index contributed by atoms with van der Waals surface area (Å²) in [5.41, 5.74) is 0.524. The summed E-state index contributed by atoms with van der Waals surface area (Å²) in [5, 5.41) is 27.0. The Labute approximate surface area is 157 Å². The van der Waals surface area contributed by atoms with Gasteiger partial charge >= 0.3 is 11.9 Å². The fourth-order valence-corrected chi connectivity index (χ4v) is 2.45. The first-order valence-electron chi connectivity index (χ1n) is 6.95. The molecule has 138 valence electrons. The fraction of sp³-hybridized carbons (Fsp3) is 0.333. The van der Waals surface area contributed by atoms with Gasteiger partial charge in [-0.05, 0) is 51.3 Å². The van der Waals surface area contributed by atoms with Crippen molar-refractivity contribution in [3.8, 4) is 0 Å². The maximum absolute atomic E-state index is 12.1. The highest BCUT2D eigenvalue weighted by Gasteiger charge is 2.15. The van der Waals surface area contributed by atoms with Crippen molar-refractivity contribution >= 4 is 50.5 Å². The molecule has 0 spiro atoms. The van der Waals surface area contributed by atoms with Gasteiger partial charge in [0.2, 0.25) is 5.78 Å². The van der Waals surface area contributed by atoms with Crippen LogP contribution in [-0.2, 0) is 9.59 Å². The van der Waals surface area contributed by atoms with Gasteiger partial charge in [-0.25, -0.2) is 9.59 Å². The topological polar surface area (TPSA) is 128 Å². The molecule has 3 N–H and O–H groups in total. The van der Waals surface area contributed by atoms with E-state index in [1.165, 1.54) is 11.8 Å². The minimum Gasteiger partial charge on any atom is -0.473 e. The van der Waals surface area contributed by atoms with E-state index in [9.17, 15) is 4.79 Å². The third-order valence-corrected chi connectivity index (χ3v) is 4.12. The van der Waals surface area contributed by atoms with E-state index in [1.54, 1.807) is 24.3 Å². The summed E-state index contributed by atoms with van der Waals surface area (Å²) in [7, 11) is 4.00. The molecular weight excluding hydrogens is 416 g/mol. The summed E-state index contributed by atoms with van der Waals surface area (Å²) < 4.78 is 0.908. The molecule has 8 nitrogen and oxygen atoms in total. The van der Waals surface area contributed by atoms with Gasteiger partial charge < -0.3 is 20.3 Å². The Bertz CT molecular complexity index is 607. The van der Waals surface area contributed by atoms with E-state index in [0.717, 1.165) is 23.2 Å². The summed E-state index contributed by atoms with van der Waals surface area (Å²) >= 11 is 4.60. The number of oxime groups is 1. The number of carbonyl (C=O) groups is 3. The summed E-state index contributed by atoms with van der Waals surface area (Å²) in [5.74, 6) is -3.14. The summed E-state index contributed by atoms with van der Waals surface area (Å²) in [6.07, 6.45) is 0.935. The van der Waals surface area contributed by atoms with Crippen molar-refractivity contribution in [1.29, 1.82) is 0 Å². The maximum atomic E-state index is 12.1. The number of carboxylic acids is 2. The first-order valence-corrected chi connectivity index (χ1v) is 8.73. The highest BCUT2D eigenvalue weighted by atomic mass is 79.9. The van der Waals surface area contributed by atoms with Crippen molar-refractivity contribution in [3.05, 3.63) is 34.3 Å². The molecule has 0 aliphatic carbocycles. The van der Waals surface area contributed by atoms with Gasteiger partial charge in [0.1, 0.15) is 0 Å². The average molecular weight is 435 g/mol. The molecule has 1 aromatic rings. The molecule has 0 saturated carbocycles. The third-order valence-electron chi connectivity index (χ3n) is 2.56. The van der Waals surface area contributed by atoms with Crippen LogP contribution < -0.4 is 0 Å². The zero-order valence-electron chi connectivity index (χ0n) is 13.7. The van der Waals surface area contributed by atoms with Crippen molar-refractivity contribution < 1.29 is 29.8 Å². The number of Topliss-reactive ketones (excluding diaryl/α,β-unsaturated/α-hetero) is 1. The average Bonchev–Trinajstić information content (AvgIpc) is 2.55. The van der Waals surface area contributed by atoms with E-state index >= 15 is 0 Å². The van der Waals surface area contributed by atoms with Gasteiger partial charge in [-0.3, -0.25) is 4.79 Å². The smallest absolute Gasteiger partial charge is 0.414 e. The predicted molar refractivity (Wildman–Crippen MR) is 98.6 cm³/mol. The standard InChI is InChI=1S/C13H17BrN2O2S.C2H2O4/c1-16(2)8-3-9-19-13(15-18)12(17)10-4-6-11(14)7-5-10;3-1(4)2(5)6/h4-7,18H,3,8-9H2,1-2H3;(H,3,4)(H,5,6)/b15-13-;. The molecule has 0 aliphatic rings. The van der Waals surface area contributed by atoms with E-state index in [2.05, 4.69) is 26.0 Å². The van der Waals surface area contributed by atoms with Crippen LogP contribution in [0.4, 0.5) is 0 Å². The molecule has 0 saturated heterocycles. The lowest BCUT2D eigenvalue weighted by atomic mass is 10.1. The second kappa shape index (κ2) is 12.5. The molecule has 10 heteroatoms. The predicted octanol–water partition coefficient (Wildman–Crippen LogP) is 2.26. The molecule has 25 heavy (non-hydrogen) atoms. The number of halogens is 1. The fourth-order valence-electron chi connectivity index (χ4n) is 1.41. The Morgan fingerprint density at radius 3 is 2.04 bits per heavy atom. The molecule has 0 aromatic heterocycles. The summed E-state index contributed by atoms with van der Waals surface area (Å²) in [6.45, 7) is 0.943. The van der Waals surface area contributed by atoms with Crippen molar-refractivity contribution in [2.75, 3.05) is 26.4 Å². The molecule has 0 fully saturated rings. The van der Waals surface area contributed by atoms with Crippen LogP contribution in [0.1, 0.15) is 16.8 Å². The molecule has 0 heterocycles. The summed E-state index contributed by atoms with van der Waals surface area (Å²) in [4.78, 5) is 32.4. The van der Waals surface area contributed by atoms with E-state index in [4.69, 9.17) is 25.0 Å². The van der Waals surface area contributed by atoms with Gasteiger partial charge in [-0.15, -0.1) is 0 Å². The number of carbonyl (C=O) groups excluding carboxylic acids is 1. The van der Waals surface area contributed by atoms with E-state index in [-0.39, 0.29) is 10.8 Å². The number of rotatable bonds is 6. The van der Waals surface area contributed by atoms with E-state index < -0.39 is 11.9 Å². The van der Waals surface area contributed by atoms with Crippen LogP contribution in [-0.4, -0.2) is 69.5 Å². The quantitative estimate of drug-likeness (QED) is 0.118. The van der Waals surface area contributed by atoms with Crippen LogP contribution in [0.15, 0.2) is 33.9 Å². The second-order valence-electron chi connectivity index (χ2n) is 4.86. The Balaban J connectivity index is 0.000000823. The van der Waals surface area contributed by atoms with Crippen LogP contribution >= 0.6 is 27.7 Å². The van der Waals surface area contributed by atoms with Gasteiger partial charge in [-0.2, -0.15) is 0 Å². The molecule has 0 unspecified atom stereocenters. The van der Waals surface area contributed by atoms with Gasteiger partial charge in [0.25, 0.3) is 0 Å². The van der Waals surface area contributed by atoms with Crippen molar-refractivity contribution in [2.45, 2.75) is 6.42 Å². The minimum atomic E-state index is -1.82. The molecule has 1 rings (SSSR count). The highest BCUT2D eigenvalue weighted by Crippen LogP contribution is 2.15. The molecule has 0 amide bonds. The Morgan fingerprint density at radius 1 is 1.12 bits per heavy atom. The molecule has 0 bridgehead atoms. The first kappa shape index (κ1) is 23.1. The molecule has 0 radical (unpaired) electrons. The maximum Gasteiger partial charge on any atom is 0.414 e. The van der Waals surface area contributed by atoms with Crippen LogP contribution in [0, 0.1) is 0 Å². The van der Waals surface area contributed by atoms with Crippen LogP contribution in [0.25, 0.3) is 0 Å². The van der Waals surface area contributed by atoms with Gasteiger partial charge in [0.15, 0.2) is 5.04 Å². The second-order valence-corrected chi connectivity index (χ2v) is 6.86. The van der Waals surface area contributed by atoms with E-state index in [1.807, 2.05) is 14.1 Å². The normalized spacial score (nSPS) is 10.8. The van der Waals surface area contributed by atoms with Crippen LogP contribution in [0.5, 0.6) is 0 Å². The SMILES string of the molecule is CN(C)CCCS/C(=N\O)C(=O)c1ccc(Br)cc1.O=C(O)C(=O)O. The van der Waals surface area contributed by atoms with Gasteiger partial charge in [-0.1, -0.05) is 32.8 Å². The number of aliphatic carboxylic acids is 2. The lowest BCUT2D eigenvalue weighted by Crippen LogP contribution is -2.15. The Hall–Kier alpha value is -1.91. The lowest BCUT2D eigenvalue weighted by molar-refractivity contribution is -0.159. The monoisotopic (exact) mass is 434 g/mol. The Morgan fingerprint density at radius 2 is 1.64 bits per heavy atom. The number of carboxylic acid groups (broad SMARTS) is 2. The van der Waals surface area contributed by atoms with Gasteiger partial charge in [0.05, 0.1) is 0 Å². The molecule has 0 aliphatic heterocycles. The molecular formula is C15H19BrN2O6S. The van der Waals surface area contributed by atoms with Crippen molar-refractivity contribution in [3.63, 3.8) is 0 Å². The number of ketones is 1. The number of thioether (sulfide) groups is 1. The largest absolute Gasteiger partial charge is 0.473 e. The van der Waals surface area contributed by atoms with Gasteiger partial charge in [0, 0.05) is 15.8 Å². The minimum absolute atomic E-state index is 0.140. The third kappa shape index (κ3) is 10.5. The number of hydrogen-bond acceptors (Lipinski definition) is 7. The van der Waals surface area contributed by atoms with Crippen molar-refractivity contribution in [2.24, 2.45) is 5.16 Å². The van der Waals surface area contributed by atoms with Crippen LogP contribution in [0.2, 0.25) is 0 Å². The van der Waals surface area contributed by atoms with Crippen molar-refractivity contribution in [1.82, 2.24) is 4.90 Å². The molecule has 1 aromatic carbocycles. The Kier molecular flexibility index (Phi) is 11.5. The molecule has 0 atom stereocenters. The first-order chi connectivity index (χ1) is 11.7. The van der Waals surface area contributed by atoms with Crippen LogP contribution in [0.3, 0.4) is 0 Å².